The zero-order chi connectivity index (χ0) is 44.3. The smallest absolute Gasteiger partial charge is 0.143 e. The summed E-state index contributed by atoms with van der Waals surface area (Å²) >= 11 is 0. The standard InChI is InChI=1S/C64H41NO2/c1-4-14-42(15-5-1)44-24-32-50(33-25-44)65(51-34-26-45(27-35-51)43-16-6-2-7-17-43)52-36-28-46(29-37-52)48-30-38-54-53-20-10-11-22-57(53)64-62(58(54)40-48)61(47-18-8-3-9-19-47)63(67-64)49-31-39-56-55-21-12-13-23-59(55)66-60(56)41-49/h1-41H. The van der Waals surface area contributed by atoms with Crippen LogP contribution in [0, 0.1) is 0 Å². The van der Waals surface area contributed by atoms with E-state index in [1.165, 1.54) is 27.6 Å². The summed E-state index contributed by atoms with van der Waals surface area (Å²) in [6, 6.07) is 88.7. The lowest BCUT2D eigenvalue weighted by molar-refractivity contribution is 0.635. The van der Waals surface area contributed by atoms with Gasteiger partial charge in [0.2, 0.25) is 0 Å². The minimum Gasteiger partial charge on any atom is -0.456 e. The van der Waals surface area contributed by atoms with E-state index in [0.717, 1.165) is 99.7 Å². The average molecular weight is 856 g/mol. The van der Waals surface area contributed by atoms with Crippen molar-refractivity contribution < 1.29 is 8.83 Å². The molecule has 3 nitrogen and oxygen atoms in total. The number of furan rings is 2. The average Bonchev–Trinajstić information content (AvgIpc) is 4.00. The first kappa shape index (κ1) is 38.5. The summed E-state index contributed by atoms with van der Waals surface area (Å²) < 4.78 is 13.6. The summed E-state index contributed by atoms with van der Waals surface area (Å²) in [5.41, 5.74) is 16.0. The van der Waals surface area contributed by atoms with Crippen LogP contribution in [0.25, 0.3) is 110 Å². The Balaban J connectivity index is 0.953. The maximum Gasteiger partial charge on any atom is 0.143 e. The molecule has 0 radical (unpaired) electrons. The molecule has 0 fully saturated rings. The number of rotatable bonds is 8. The molecule has 67 heavy (non-hydrogen) atoms. The second-order valence-corrected chi connectivity index (χ2v) is 17.2. The van der Waals surface area contributed by atoms with Crippen molar-refractivity contribution in [2.24, 2.45) is 0 Å². The molecule has 0 bridgehead atoms. The van der Waals surface area contributed by atoms with Crippen molar-refractivity contribution in [1.29, 1.82) is 0 Å². The lowest BCUT2D eigenvalue weighted by Crippen LogP contribution is -2.09. The van der Waals surface area contributed by atoms with Crippen LogP contribution in [0.4, 0.5) is 17.1 Å². The van der Waals surface area contributed by atoms with Gasteiger partial charge in [-0.1, -0.05) is 188 Å². The summed E-state index contributed by atoms with van der Waals surface area (Å²) in [6.45, 7) is 0. The molecular weight excluding hydrogens is 815 g/mol. The molecule has 0 aliphatic rings. The first-order valence-corrected chi connectivity index (χ1v) is 22.8. The van der Waals surface area contributed by atoms with Crippen LogP contribution in [0.3, 0.4) is 0 Å². The molecule has 2 heterocycles. The van der Waals surface area contributed by atoms with Crippen molar-refractivity contribution >= 4 is 71.5 Å². The molecule has 0 aliphatic heterocycles. The molecule has 0 saturated heterocycles. The van der Waals surface area contributed by atoms with Gasteiger partial charge in [0.15, 0.2) is 0 Å². The third-order valence-corrected chi connectivity index (χ3v) is 13.3. The van der Waals surface area contributed by atoms with E-state index in [9.17, 15) is 0 Å². The zero-order valence-corrected chi connectivity index (χ0v) is 36.4. The van der Waals surface area contributed by atoms with E-state index in [0.29, 0.717) is 0 Å². The second kappa shape index (κ2) is 16.0. The van der Waals surface area contributed by atoms with Gasteiger partial charge in [-0.3, -0.25) is 0 Å². The Hall–Kier alpha value is -8.92. The number of benzene rings is 11. The highest BCUT2D eigenvalue weighted by Gasteiger charge is 2.24. The van der Waals surface area contributed by atoms with Crippen LogP contribution in [-0.2, 0) is 0 Å². The Morgan fingerprint density at radius 3 is 1.27 bits per heavy atom. The molecule has 0 spiro atoms. The highest BCUT2D eigenvalue weighted by Crippen LogP contribution is 2.49. The van der Waals surface area contributed by atoms with E-state index in [4.69, 9.17) is 8.83 Å². The van der Waals surface area contributed by atoms with Crippen molar-refractivity contribution in [3.63, 3.8) is 0 Å². The van der Waals surface area contributed by atoms with Crippen molar-refractivity contribution in [2.45, 2.75) is 0 Å². The summed E-state index contributed by atoms with van der Waals surface area (Å²) in [5, 5.41) is 7.88. The van der Waals surface area contributed by atoms with Crippen LogP contribution in [0.5, 0.6) is 0 Å². The van der Waals surface area contributed by atoms with Gasteiger partial charge in [-0.15, -0.1) is 0 Å². The van der Waals surface area contributed by atoms with E-state index in [-0.39, 0.29) is 0 Å². The van der Waals surface area contributed by atoms with Crippen LogP contribution in [0.2, 0.25) is 0 Å². The molecule has 13 aromatic rings. The van der Waals surface area contributed by atoms with Gasteiger partial charge in [-0.2, -0.15) is 0 Å². The highest BCUT2D eigenvalue weighted by molar-refractivity contribution is 6.29. The van der Waals surface area contributed by atoms with E-state index < -0.39 is 0 Å². The third-order valence-electron chi connectivity index (χ3n) is 13.3. The Labute approximate surface area is 388 Å². The summed E-state index contributed by atoms with van der Waals surface area (Å²) in [4.78, 5) is 2.34. The Morgan fingerprint density at radius 1 is 0.254 bits per heavy atom. The van der Waals surface area contributed by atoms with Gasteiger partial charge in [0, 0.05) is 49.7 Å². The van der Waals surface area contributed by atoms with Gasteiger partial charge >= 0.3 is 0 Å². The summed E-state index contributed by atoms with van der Waals surface area (Å²) in [6.07, 6.45) is 0. The minimum atomic E-state index is 0.824. The van der Waals surface area contributed by atoms with Crippen LogP contribution >= 0.6 is 0 Å². The minimum absolute atomic E-state index is 0.824. The maximum atomic E-state index is 7.17. The van der Waals surface area contributed by atoms with Crippen molar-refractivity contribution in [3.8, 4) is 55.8 Å². The molecular formula is C64H41NO2. The molecule has 314 valence electrons. The molecule has 11 aromatic carbocycles. The molecule has 0 N–H and O–H groups in total. The fourth-order valence-electron chi connectivity index (χ4n) is 10.0. The van der Waals surface area contributed by atoms with Gasteiger partial charge in [-0.25, -0.2) is 0 Å². The molecule has 2 aromatic heterocycles. The molecule has 0 aliphatic carbocycles. The fraction of sp³-hybridized carbons (Fsp3) is 0. The number of anilines is 3. The lowest BCUT2D eigenvalue weighted by atomic mass is 9.90. The number of fused-ring (bicyclic) bond motifs is 9. The van der Waals surface area contributed by atoms with Gasteiger partial charge in [-0.05, 0) is 116 Å². The van der Waals surface area contributed by atoms with E-state index in [1.54, 1.807) is 0 Å². The van der Waals surface area contributed by atoms with Gasteiger partial charge in [0.05, 0.1) is 0 Å². The Morgan fingerprint density at radius 2 is 0.672 bits per heavy atom. The number of para-hydroxylation sites is 1. The van der Waals surface area contributed by atoms with E-state index in [2.05, 4.69) is 241 Å². The van der Waals surface area contributed by atoms with E-state index >= 15 is 0 Å². The maximum absolute atomic E-state index is 7.17. The Bertz CT molecular complexity index is 3840. The first-order valence-electron chi connectivity index (χ1n) is 22.8. The predicted molar refractivity (Wildman–Crippen MR) is 280 cm³/mol. The normalized spacial score (nSPS) is 11.6. The lowest BCUT2D eigenvalue weighted by Gasteiger charge is -2.26. The fourth-order valence-corrected chi connectivity index (χ4v) is 10.0. The van der Waals surface area contributed by atoms with Gasteiger partial charge in [0.25, 0.3) is 0 Å². The molecule has 0 amide bonds. The molecule has 0 saturated carbocycles. The van der Waals surface area contributed by atoms with Gasteiger partial charge < -0.3 is 13.7 Å². The predicted octanol–water partition coefficient (Wildman–Crippen LogP) is 18.4. The molecule has 0 unspecified atom stereocenters. The summed E-state index contributed by atoms with van der Waals surface area (Å²) in [5.74, 6) is 0.824. The van der Waals surface area contributed by atoms with Crippen LogP contribution in [0.1, 0.15) is 0 Å². The van der Waals surface area contributed by atoms with Crippen LogP contribution in [-0.4, -0.2) is 0 Å². The van der Waals surface area contributed by atoms with Crippen LogP contribution < -0.4 is 4.90 Å². The second-order valence-electron chi connectivity index (χ2n) is 17.2. The SMILES string of the molecule is c1ccc(-c2ccc(N(c3ccc(-c4ccccc4)cc3)c3ccc(-c4ccc5c6ccccc6c6oc(-c7ccc8c(c7)oc7ccccc78)c(-c7ccccc7)c6c5c4)cc3)cc2)cc1. The van der Waals surface area contributed by atoms with Crippen LogP contribution in [0.15, 0.2) is 258 Å². The molecule has 3 heteroatoms. The highest BCUT2D eigenvalue weighted by atomic mass is 16.3. The number of hydrogen-bond acceptors (Lipinski definition) is 3. The van der Waals surface area contributed by atoms with Crippen molar-refractivity contribution in [2.75, 3.05) is 4.90 Å². The largest absolute Gasteiger partial charge is 0.456 e. The molecule has 0 atom stereocenters. The summed E-state index contributed by atoms with van der Waals surface area (Å²) in [7, 11) is 0. The van der Waals surface area contributed by atoms with Gasteiger partial charge in [0.1, 0.15) is 22.5 Å². The zero-order valence-electron chi connectivity index (χ0n) is 36.4. The number of nitrogens with zero attached hydrogens (tertiary/aromatic N) is 1. The quantitative estimate of drug-likeness (QED) is 0.143. The first-order chi connectivity index (χ1) is 33.2. The van der Waals surface area contributed by atoms with E-state index in [1.807, 2.05) is 12.1 Å². The monoisotopic (exact) mass is 855 g/mol. The van der Waals surface area contributed by atoms with Crippen molar-refractivity contribution in [3.05, 3.63) is 249 Å². The topological polar surface area (TPSA) is 29.5 Å². The number of hydrogen-bond donors (Lipinski definition) is 0. The third kappa shape index (κ3) is 6.67. The molecule has 13 rings (SSSR count). The Kier molecular flexibility index (Phi) is 9.17. The van der Waals surface area contributed by atoms with Crippen molar-refractivity contribution in [1.82, 2.24) is 0 Å².